The highest BCUT2D eigenvalue weighted by Gasteiger charge is 2.56. The van der Waals surface area contributed by atoms with Gasteiger partial charge in [-0.2, -0.15) is 26.3 Å². The summed E-state index contributed by atoms with van der Waals surface area (Å²) in [6.45, 7) is 2.84. The van der Waals surface area contributed by atoms with Gasteiger partial charge in [0.15, 0.2) is 5.92 Å². The van der Waals surface area contributed by atoms with Crippen molar-refractivity contribution in [3.8, 4) is 0 Å². The summed E-state index contributed by atoms with van der Waals surface area (Å²) in [6.07, 6.45) is -12.2. The molecule has 0 N–H and O–H groups in total. The highest BCUT2D eigenvalue weighted by atomic mass is 19.4. The lowest BCUT2D eigenvalue weighted by atomic mass is 10.0. The van der Waals surface area contributed by atoms with Crippen LogP contribution in [0.5, 0.6) is 0 Å². The molecule has 9 heteroatoms. The number of hydrogen-bond acceptors (Lipinski definition) is 3. The molecule has 0 spiro atoms. The molecule has 0 unspecified atom stereocenters. The van der Waals surface area contributed by atoms with Crippen LogP contribution in [-0.2, 0) is 14.3 Å². The average molecular weight is 294 g/mol. The van der Waals surface area contributed by atoms with Gasteiger partial charge in [0.05, 0.1) is 6.26 Å². The number of carbonyl (C=O) groups is 1. The van der Waals surface area contributed by atoms with E-state index in [-0.39, 0.29) is 13.2 Å². The summed E-state index contributed by atoms with van der Waals surface area (Å²) in [5.74, 6) is -4.68. The van der Waals surface area contributed by atoms with Gasteiger partial charge in [0.25, 0.3) is 0 Å². The van der Waals surface area contributed by atoms with E-state index >= 15 is 0 Å². The maximum absolute atomic E-state index is 12.1. The fourth-order valence-electron chi connectivity index (χ4n) is 1.13. The van der Waals surface area contributed by atoms with E-state index in [2.05, 4.69) is 16.1 Å². The minimum Gasteiger partial charge on any atom is -0.498 e. The lowest BCUT2D eigenvalue weighted by Crippen LogP contribution is -2.36. The largest absolute Gasteiger partial charge is 0.498 e. The quantitative estimate of drug-likeness (QED) is 0.313. The van der Waals surface area contributed by atoms with Gasteiger partial charge in [-0.3, -0.25) is 4.79 Å². The maximum Gasteiger partial charge on any atom is 0.400 e. The highest BCUT2D eigenvalue weighted by molar-refractivity contribution is 5.69. The number of esters is 1. The zero-order valence-corrected chi connectivity index (χ0v) is 9.68. The zero-order valence-electron chi connectivity index (χ0n) is 9.68. The van der Waals surface area contributed by atoms with E-state index in [1.165, 1.54) is 0 Å². The van der Waals surface area contributed by atoms with Gasteiger partial charge in [0.2, 0.25) is 0 Å². The predicted molar refractivity (Wildman–Crippen MR) is 51.9 cm³/mol. The van der Waals surface area contributed by atoms with Crippen LogP contribution in [0.1, 0.15) is 12.8 Å². The average Bonchev–Trinajstić information content (AvgIpc) is 2.20. The SMILES string of the molecule is C=COCCOC(=O)CCC(C(F)(F)F)C(F)(F)F. The zero-order chi connectivity index (χ0) is 15.1. The first kappa shape index (κ1) is 17.6. The first-order valence-electron chi connectivity index (χ1n) is 5.10. The van der Waals surface area contributed by atoms with Crippen molar-refractivity contribution in [3.63, 3.8) is 0 Å². The molecule has 0 aliphatic carbocycles. The number of carbonyl (C=O) groups excluding carboxylic acids is 1. The molecule has 0 aliphatic heterocycles. The number of ether oxygens (including phenoxy) is 2. The van der Waals surface area contributed by atoms with Crippen molar-refractivity contribution < 1.29 is 40.6 Å². The Kier molecular flexibility index (Phi) is 6.71. The molecule has 0 bridgehead atoms. The van der Waals surface area contributed by atoms with Gasteiger partial charge < -0.3 is 9.47 Å². The highest BCUT2D eigenvalue weighted by Crippen LogP contribution is 2.41. The molecule has 0 atom stereocenters. The van der Waals surface area contributed by atoms with E-state index in [4.69, 9.17) is 0 Å². The Hall–Kier alpha value is -1.41. The second-order valence-corrected chi connectivity index (χ2v) is 3.43. The van der Waals surface area contributed by atoms with Crippen LogP contribution in [0.3, 0.4) is 0 Å². The molecule has 3 nitrogen and oxygen atoms in total. The molecule has 0 saturated heterocycles. The van der Waals surface area contributed by atoms with Gasteiger partial charge in [-0.05, 0) is 6.42 Å². The molecule has 0 amide bonds. The summed E-state index contributed by atoms with van der Waals surface area (Å²) >= 11 is 0. The van der Waals surface area contributed by atoms with Crippen LogP contribution < -0.4 is 0 Å². The molecule has 0 rings (SSSR count). The van der Waals surface area contributed by atoms with E-state index in [0.717, 1.165) is 6.26 Å². The predicted octanol–water partition coefficient (Wildman–Crippen LogP) is 3.21. The number of alkyl halides is 6. The monoisotopic (exact) mass is 294 g/mol. The molecule has 0 aromatic heterocycles. The smallest absolute Gasteiger partial charge is 0.400 e. The molecule has 0 aromatic rings. The summed E-state index contributed by atoms with van der Waals surface area (Å²) < 4.78 is 81.6. The van der Waals surface area contributed by atoms with Crippen molar-refractivity contribution in [2.24, 2.45) is 5.92 Å². The van der Waals surface area contributed by atoms with Crippen LogP contribution in [0.4, 0.5) is 26.3 Å². The summed E-state index contributed by atoms with van der Waals surface area (Å²) in [5, 5.41) is 0. The van der Waals surface area contributed by atoms with Gasteiger partial charge >= 0.3 is 18.3 Å². The maximum atomic E-state index is 12.1. The Labute approximate surface area is 105 Å². The van der Waals surface area contributed by atoms with Crippen LogP contribution in [0, 0.1) is 5.92 Å². The van der Waals surface area contributed by atoms with Crippen LogP contribution in [-0.4, -0.2) is 31.5 Å². The fraction of sp³-hybridized carbons (Fsp3) is 0.700. The summed E-state index contributed by atoms with van der Waals surface area (Å²) in [6, 6.07) is 0. The lowest BCUT2D eigenvalue weighted by Gasteiger charge is -2.22. The van der Waals surface area contributed by atoms with Crippen molar-refractivity contribution >= 4 is 5.97 Å². The molecule has 0 saturated carbocycles. The lowest BCUT2D eigenvalue weighted by molar-refractivity contribution is -0.285. The number of halogens is 6. The third-order valence-electron chi connectivity index (χ3n) is 2.01. The van der Waals surface area contributed by atoms with Crippen molar-refractivity contribution in [2.45, 2.75) is 25.2 Å². The first-order chi connectivity index (χ1) is 8.59. The molecule has 0 fully saturated rings. The van der Waals surface area contributed by atoms with E-state index in [9.17, 15) is 31.1 Å². The van der Waals surface area contributed by atoms with Gasteiger partial charge in [0.1, 0.15) is 13.2 Å². The van der Waals surface area contributed by atoms with Crippen molar-refractivity contribution in [2.75, 3.05) is 13.2 Å². The third-order valence-corrected chi connectivity index (χ3v) is 2.01. The second kappa shape index (κ2) is 7.25. The molecular formula is C10H12F6O3. The van der Waals surface area contributed by atoms with Gasteiger partial charge in [-0.1, -0.05) is 6.58 Å². The molecule has 19 heavy (non-hydrogen) atoms. The number of hydrogen-bond donors (Lipinski definition) is 0. The van der Waals surface area contributed by atoms with Crippen LogP contribution in [0.2, 0.25) is 0 Å². The van der Waals surface area contributed by atoms with Crippen LogP contribution in [0.15, 0.2) is 12.8 Å². The Morgan fingerprint density at radius 1 is 1.11 bits per heavy atom. The molecule has 0 aromatic carbocycles. The Bertz CT molecular complexity index is 283. The van der Waals surface area contributed by atoms with E-state index in [0.29, 0.717) is 0 Å². The minimum atomic E-state index is -5.44. The van der Waals surface area contributed by atoms with Crippen LogP contribution in [0.25, 0.3) is 0 Å². The summed E-state index contributed by atoms with van der Waals surface area (Å²) in [4.78, 5) is 10.9. The molecule has 112 valence electrons. The molecular weight excluding hydrogens is 282 g/mol. The Morgan fingerprint density at radius 3 is 2.05 bits per heavy atom. The van der Waals surface area contributed by atoms with Gasteiger partial charge in [0, 0.05) is 6.42 Å². The fourth-order valence-corrected chi connectivity index (χ4v) is 1.13. The Morgan fingerprint density at radius 2 is 1.63 bits per heavy atom. The van der Waals surface area contributed by atoms with Crippen LogP contribution >= 0.6 is 0 Å². The molecule has 0 aliphatic rings. The minimum absolute atomic E-state index is 0.0722. The van der Waals surface area contributed by atoms with Gasteiger partial charge in [-0.15, -0.1) is 0 Å². The van der Waals surface area contributed by atoms with E-state index < -0.39 is 37.1 Å². The normalized spacial score (nSPS) is 12.4. The van der Waals surface area contributed by atoms with E-state index in [1.54, 1.807) is 0 Å². The van der Waals surface area contributed by atoms with Crippen molar-refractivity contribution in [3.05, 3.63) is 12.8 Å². The Balaban J connectivity index is 4.19. The van der Waals surface area contributed by atoms with Crippen molar-refractivity contribution in [1.29, 1.82) is 0 Å². The first-order valence-corrected chi connectivity index (χ1v) is 5.10. The molecule has 0 heterocycles. The second-order valence-electron chi connectivity index (χ2n) is 3.43. The third kappa shape index (κ3) is 7.58. The van der Waals surface area contributed by atoms with E-state index in [1.807, 2.05) is 0 Å². The standard InChI is InChI=1S/C10H12F6O3/c1-2-18-5-6-19-8(17)4-3-7(9(11,12)13)10(14,15)16/h2,7H,1,3-6H2. The number of rotatable bonds is 7. The molecule has 0 radical (unpaired) electrons. The van der Waals surface area contributed by atoms with Crippen molar-refractivity contribution in [1.82, 2.24) is 0 Å². The topological polar surface area (TPSA) is 35.5 Å². The summed E-state index contributed by atoms with van der Waals surface area (Å²) in [7, 11) is 0. The van der Waals surface area contributed by atoms with Gasteiger partial charge in [-0.25, -0.2) is 0 Å². The summed E-state index contributed by atoms with van der Waals surface area (Å²) in [5.41, 5.74) is 0.